The van der Waals surface area contributed by atoms with Crippen LogP contribution in [-0.2, 0) is 6.54 Å². The molecule has 0 aliphatic carbocycles. The maximum atomic E-state index is 13.9. The molecule has 1 aromatic heterocycles. The summed E-state index contributed by atoms with van der Waals surface area (Å²) in [6.45, 7) is 4.32. The average molecular weight is 320 g/mol. The number of pyridine rings is 1. The molecule has 118 valence electrons. The van der Waals surface area contributed by atoms with Crippen LogP contribution in [0, 0.1) is 11.7 Å². The quantitative estimate of drug-likeness (QED) is 0.716. The summed E-state index contributed by atoms with van der Waals surface area (Å²) < 4.78 is 13.9. The number of hydrogen-bond donors (Lipinski definition) is 3. The first-order valence-corrected chi connectivity index (χ1v) is 7.75. The molecule has 2 N–H and O–H groups in total. The normalized spacial score (nSPS) is 12.6. The number of aliphatic hydroxyl groups is 1. The Morgan fingerprint density at radius 3 is 2.45 bits per heavy atom. The zero-order valence-electron chi connectivity index (χ0n) is 12.8. The molecule has 3 nitrogen and oxygen atoms in total. The topological polar surface area (TPSA) is 45.1 Å². The van der Waals surface area contributed by atoms with E-state index in [2.05, 4.69) is 22.9 Å². The van der Waals surface area contributed by atoms with Crippen LogP contribution in [-0.4, -0.2) is 22.7 Å². The van der Waals surface area contributed by atoms with Crippen LogP contribution in [0.2, 0.25) is 0 Å². The molecule has 0 aliphatic heterocycles. The van der Waals surface area contributed by atoms with Gasteiger partial charge in [0.25, 0.3) is 0 Å². The van der Waals surface area contributed by atoms with Gasteiger partial charge in [0, 0.05) is 23.0 Å². The number of rotatable bonds is 6. The number of hydrogen-bond acceptors (Lipinski definition) is 4. The van der Waals surface area contributed by atoms with E-state index >= 15 is 0 Å². The fraction of sp³-hybridized carbons (Fsp3) is 0.353. The van der Waals surface area contributed by atoms with Gasteiger partial charge in [0.2, 0.25) is 0 Å². The zero-order valence-corrected chi connectivity index (χ0v) is 13.6. The highest BCUT2D eigenvalue weighted by Crippen LogP contribution is 2.20. The van der Waals surface area contributed by atoms with Gasteiger partial charge in [0.1, 0.15) is 5.82 Å². The zero-order chi connectivity index (χ0) is 16.1. The van der Waals surface area contributed by atoms with Crippen molar-refractivity contribution < 1.29 is 9.50 Å². The molecular weight excluding hydrogens is 299 g/mol. The summed E-state index contributed by atoms with van der Waals surface area (Å²) in [5.74, 6) is -0.0818. The number of halogens is 1. The number of thiol groups is 1. The maximum Gasteiger partial charge on any atom is 0.146 e. The molecule has 0 saturated carbocycles. The monoisotopic (exact) mass is 320 g/mol. The summed E-state index contributed by atoms with van der Waals surface area (Å²) in [6, 6.07) is 10.6. The number of benzene rings is 1. The summed E-state index contributed by atoms with van der Waals surface area (Å²) in [5, 5.41) is 12.5. The van der Waals surface area contributed by atoms with E-state index in [0.717, 1.165) is 16.2 Å². The summed E-state index contributed by atoms with van der Waals surface area (Å²) in [5.41, 5.74) is 1.99. The Morgan fingerprint density at radius 2 is 1.86 bits per heavy atom. The number of aliphatic hydroxyl groups excluding tert-OH is 1. The van der Waals surface area contributed by atoms with Crippen LogP contribution in [0.5, 0.6) is 0 Å². The lowest BCUT2D eigenvalue weighted by Crippen LogP contribution is -2.36. The first-order valence-electron chi connectivity index (χ1n) is 7.30. The highest BCUT2D eigenvalue weighted by Gasteiger charge is 2.13. The van der Waals surface area contributed by atoms with Crippen LogP contribution in [0.25, 0.3) is 11.3 Å². The molecule has 0 bridgehead atoms. The van der Waals surface area contributed by atoms with Gasteiger partial charge in [-0.05, 0) is 30.2 Å². The van der Waals surface area contributed by atoms with Gasteiger partial charge in [0.15, 0.2) is 0 Å². The third kappa shape index (κ3) is 4.29. The van der Waals surface area contributed by atoms with E-state index in [1.807, 2.05) is 38.1 Å². The minimum Gasteiger partial charge on any atom is -0.395 e. The van der Waals surface area contributed by atoms with Crippen molar-refractivity contribution in [2.75, 3.05) is 6.61 Å². The van der Waals surface area contributed by atoms with Crippen molar-refractivity contribution in [1.29, 1.82) is 0 Å². The van der Waals surface area contributed by atoms with E-state index in [4.69, 9.17) is 0 Å². The van der Waals surface area contributed by atoms with Crippen molar-refractivity contribution in [3.05, 3.63) is 47.9 Å². The largest absolute Gasteiger partial charge is 0.395 e. The molecule has 1 aromatic carbocycles. The molecule has 0 aliphatic rings. The van der Waals surface area contributed by atoms with Gasteiger partial charge in [-0.25, -0.2) is 9.37 Å². The van der Waals surface area contributed by atoms with Crippen molar-refractivity contribution in [3.63, 3.8) is 0 Å². The first-order chi connectivity index (χ1) is 10.5. The van der Waals surface area contributed by atoms with Gasteiger partial charge in [-0.2, -0.15) is 0 Å². The van der Waals surface area contributed by atoms with Crippen LogP contribution in [0.4, 0.5) is 4.39 Å². The fourth-order valence-electron chi connectivity index (χ4n) is 2.14. The summed E-state index contributed by atoms with van der Waals surface area (Å²) in [4.78, 5) is 5.26. The van der Waals surface area contributed by atoms with E-state index < -0.39 is 0 Å². The number of aromatic nitrogens is 1. The number of nitrogens with one attached hydrogen (secondary N) is 1. The predicted molar refractivity (Wildman–Crippen MR) is 89.4 cm³/mol. The van der Waals surface area contributed by atoms with E-state index in [0.29, 0.717) is 5.69 Å². The molecule has 0 saturated heterocycles. The smallest absolute Gasteiger partial charge is 0.146 e. The molecule has 22 heavy (non-hydrogen) atoms. The molecule has 2 aromatic rings. The molecular formula is C17H21FN2OS. The van der Waals surface area contributed by atoms with Gasteiger partial charge in [0.05, 0.1) is 18.0 Å². The minimum absolute atomic E-state index is 0.0163. The van der Waals surface area contributed by atoms with Crippen LogP contribution in [0.15, 0.2) is 41.3 Å². The van der Waals surface area contributed by atoms with Crippen LogP contribution in [0.1, 0.15) is 19.5 Å². The average Bonchev–Trinajstić information content (AvgIpc) is 2.50. The van der Waals surface area contributed by atoms with Gasteiger partial charge in [-0.3, -0.25) is 0 Å². The Kier molecular flexibility index (Phi) is 5.94. The molecule has 2 rings (SSSR count). The van der Waals surface area contributed by atoms with Crippen LogP contribution < -0.4 is 5.32 Å². The third-order valence-corrected chi connectivity index (χ3v) is 3.91. The molecule has 0 radical (unpaired) electrons. The Hall–Kier alpha value is -1.43. The van der Waals surface area contributed by atoms with Crippen LogP contribution >= 0.6 is 12.6 Å². The van der Waals surface area contributed by atoms with Crippen LogP contribution in [0.3, 0.4) is 0 Å². The highest BCUT2D eigenvalue weighted by atomic mass is 32.1. The fourth-order valence-corrected chi connectivity index (χ4v) is 2.29. The lowest BCUT2D eigenvalue weighted by Gasteiger charge is -2.20. The number of nitrogens with zero attached hydrogens (tertiary/aromatic N) is 1. The Labute approximate surface area is 136 Å². The van der Waals surface area contributed by atoms with E-state index in [1.165, 1.54) is 6.07 Å². The SMILES string of the molecule is CC(C)[C@H](CO)NCc1nc(-c2ccc(S)cc2)ccc1F. The Morgan fingerprint density at radius 1 is 1.18 bits per heavy atom. The van der Waals surface area contributed by atoms with E-state index in [9.17, 15) is 9.50 Å². The van der Waals surface area contributed by atoms with Gasteiger partial charge >= 0.3 is 0 Å². The van der Waals surface area contributed by atoms with Crippen molar-refractivity contribution in [1.82, 2.24) is 10.3 Å². The van der Waals surface area contributed by atoms with Gasteiger partial charge in [-0.15, -0.1) is 12.6 Å². The summed E-state index contributed by atoms with van der Waals surface area (Å²) in [6.07, 6.45) is 0. The first kappa shape index (κ1) is 16.9. The standard InChI is InChI=1S/C17H21FN2OS/c1-11(2)17(10-21)19-9-16-14(18)7-8-15(20-16)12-3-5-13(22)6-4-12/h3-8,11,17,19,21-22H,9-10H2,1-2H3/t17-/m0/s1. The molecule has 5 heteroatoms. The maximum absolute atomic E-state index is 13.9. The molecule has 1 heterocycles. The molecule has 0 spiro atoms. The lowest BCUT2D eigenvalue weighted by atomic mass is 10.1. The molecule has 0 unspecified atom stereocenters. The second kappa shape index (κ2) is 7.72. The highest BCUT2D eigenvalue weighted by molar-refractivity contribution is 7.80. The van der Waals surface area contributed by atoms with Crippen molar-refractivity contribution in [2.24, 2.45) is 5.92 Å². The Bertz CT molecular complexity index is 617. The van der Waals surface area contributed by atoms with E-state index in [1.54, 1.807) is 6.07 Å². The molecule has 1 atom stereocenters. The van der Waals surface area contributed by atoms with Gasteiger partial charge < -0.3 is 10.4 Å². The predicted octanol–water partition coefficient (Wildman–Crippen LogP) is 3.28. The van der Waals surface area contributed by atoms with Gasteiger partial charge in [-0.1, -0.05) is 26.0 Å². The van der Waals surface area contributed by atoms with Crippen molar-refractivity contribution in [2.45, 2.75) is 31.3 Å². The molecule has 0 fully saturated rings. The second-order valence-corrected chi connectivity index (χ2v) is 6.10. The minimum atomic E-state index is -0.345. The lowest BCUT2D eigenvalue weighted by molar-refractivity contribution is 0.209. The van der Waals surface area contributed by atoms with Crippen molar-refractivity contribution >= 4 is 12.6 Å². The summed E-state index contributed by atoms with van der Waals surface area (Å²) >= 11 is 4.25. The summed E-state index contributed by atoms with van der Waals surface area (Å²) in [7, 11) is 0. The molecule has 0 amide bonds. The van der Waals surface area contributed by atoms with Crippen molar-refractivity contribution in [3.8, 4) is 11.3 Å². The van der Waals surface area contributed by atoms with E-state index in [-0.39, 0.29) is 30.9 Å². The Balaban J connectivity index is 2.18. The second-order valence-electron chi connectivity index (χ2n) is 5.59. The third-order valence-electron chi connectivity index (χ3n) is 3.61.